The molecular formula is C17H18ClNO. The summed E-state index contributed by atoms with van der Waals surface area (Å²) in [6.07, 6.45) is 3.49. The van der Waals surface area contributed by atoms with E-state index in [9.17, 15) is 5.11 Å². The summed E-state index contributed by atoms with van der Waals surface area (Å²) < 4.78 is 0. The van der Waals surface area contributed by atoms with Crippen LogP contribution in [0.15, 0.2) is 18.2 Å². The molecule has 1 aliphatic carbocycles. The van der Waals surface area contributed by atoms with E-state index in [2.05, 4.69) is 24.4 Å². The number of alkyl halides is 1. The lowest BCUT2D eigenvalue weighted by molar-refractivity contribution is 0.482. The zero-order chi connectivity index (χ0) is 13.9. The molecule has 0 saturated heterocycles. The smallest absolute Gasteiger partial charge is 0.125 e. The van der Waals surface area contributed by atoms with Crippen LogP contribution in [-0.4, -0.2) is 17.0 Å². The number of rotatable bonds is 1. The standard InChI is InChI=1S/C17H18ClNO/c1-9(18)13-8-19-14-7-15(20)12-6-5-10-3-2-4-11(10)16(12)17(13)14/h5-7,9,13,19-20H,2-4,8H2,1H3/t9-,13+/m1/s1. The molecule has 2 aromatic rings. The number of anilines is 1. The van der Waals surface area contributed by atoms with E-state index in [-0.39, 0.29) is 5.38 Å². The fraction of sp³-hybridized carbons (Fsp3) is 0.412. The summed E-state index contributed by atoms with van der Waals surface area (Å²) in [7, 11) is 0. The van der Waals surface area contributed by atoms with E-state index >= 15 is 0 Å². The van der Waals surface area contributed by atoms with Crippen molar-refractivity contribution in [2.24, 2.45) is 0 Å². The van der Waals surface area contributed by atoms with Gasteiger partial charge in [0.15, 0.2) is 0 Å². The second-order valence-electron chi connectivity index (χ2n) is 6.00. The molecule has 0 spiro atoms. The van der Waals surface area contributed by atoms with Crippen LogP contribution in [-0.2, 0) is 12.8 Å². The first-order chi connectivity index (χ1) is 9.66. The molecule has 0 bridgehead atoms. The van der Waals surface area contributed by atoms with E-state index in [4.69, 9.17) is 11.6 Å². The molecule has 2 aliphatic rings. The summed E-state index contributed by atoms with van der Waals surface area (Å²) in [6.45, 7) is 2.92. The SMILES string of the molecule is C[C@@H](Cl)[C@@H]1CNc2cc(O)c3ccc4c(c3c21)CCC4. The van der Waals surface area contributed by atoms with E-state index in [1.165, 1.54) is 28.5 Å². The van der Waals surface area contributed by atoms with Gasteiger partial charge in [0, 0.05) is 35.0 Å². The van der Waals surface area contributed by atoms with E-state index in [0.29, 0.717) is 11.7 Å². The van der Waals surface area contributed by atoms with E-state index in [1.807, 2.05) is 6.07 Å². The van der Waals surface area contributed by atoms with Crippen molar-refractivity contribution in [1.82, 2.24) is 0 Å². The maximum atomic E-state index is 10.3. The van der Waals surface area contributed by atoms with Gasteiger partial charge in [-0.2, -0.15) is 0 Å². The van der Waals surface area contributed by atoms with Gasteiger partial charge in [0.2, 0.25) is 0 Å². The van der Waals surface area contributed by atoms with Crippen molar-refractivity contribution in [2.75, 3.05) is 11.9 Å². The van der Waals surface area contributed by atoms with Gasteiger partial charge < -0.3 is 10.4 Å². The quantitative estimate of drug-likeness (QED) is 0.772. The Bertz CT molecular complexity index is 708. The van der Waals surface area contributed by atoms with Crippen molar-refractivity contribution in [3.05, 3.63) is 34.9 Å². The molecule has 0 radical (unpaired) electrons. The van der Waals surface area contributed by atoms with Crippen LogP contribution < -0.4 is 5.32 Å². The maximum Gasteiger partial charge on any atom is 0.125 e. The minimum Gasteiger partial charge on any atom is -0.507 e. The van der Waals surface area contributed by atoms with Crippen molar-refractivity contribution < 1.29 is 5.11 Å². The van der Waals surface area contributed by atoms with E-state index in [1.54, 1.807) is 0 Å². The fourth-order valence-corrected chi connectivity index (χ4v) is 4.07. The van der Waals surface area contributed by atoms with E-state index < -0.39 is 0 Å². The molecule has 20 heavy (non-hydrogen) atoms. The van der Waals surface area contributed by atoms with Crippen molar-refractivity contribution in [1.29, 1.82) is 0 Å². The Kier molecular flexibility index (Phi) is 2.65. The molecule has 2 atom stereocenters. The van der Waals surface area contributed by atoms with Gasteiger partial charge in [-0.05, 0) is 48.3 Å². The molecule has 0 fully saturated rings. The molecule has 104 valence electrons. The number of phenolic OH excluding ortho intramolecular Hbond substituents is 1. The van der Waals surface area contributed by atoms with Gasteiger partial charge in [0.25, 0.3) is 0 Å². The van der Waals surface area contributed by atoms with Gasteiger partial charge in [0.1, 0.15) is 5.75 Å². The number of aryl methyl sites for hydroxylation is 2. The number of halogens is 1. The van der Waals surface area contributed by atoms with Crippen LogP contribution in [0.25, 0.3) is 10.8 Å². The second kappa shape index (κ2) is 4.29. The van der Waals surface area contributed by atoms with Crippen LogP contribution in [0, 0.1) is 0 Å². The van der Waals surface area contributed by atoms with Crippen molar-refractivity contribution >= 4 is 28.1 Å². The molecule has 0 unspecified atom stereocenters. The number of nitrogens with one attached hydrogen (secondary N) is 1. The summed E-state index contributed by atoms with van der Waals surface area (Å²) in [5.41, 5.74) is 5.26. The lowest BCUT2D eigenvalue weighted by atomic mass is 9.88. The van der Waals surface area contributed by atoms with Crippen LogP contribution in [0.2, 0.25) is 0 Å². The molecule has 0 amide bonds. The Hall–Kier alpha value is -1.41. The Morgan fingerprint density at radius 1 is 1.35 bits per heavy atom. The van der Waals surface area contributed by atoms with Gasteiger partial charge in [-0.1, -0.05) is 12.1 Å². The topological polar surface area (TPSA) is 32.3 Å². The number of hydrogen-bond acceptors (Lipinski definition) is 2. The van der Waals surface area contributed by atoms with E-state index in [0.717, 1.165) is 30.5 Å². The largest absolute Gasteiger partial charge is 0.507 e. The molecule has 1 heterocycles. The van der Waals surface area contributed by atoms with Gasteiger partial charge in [-0.25, -0.2) is 0 Å². The van der Waals surface area contributed by atoms with Gasteiger partial charge in [-0.3, -0.25) is 0 Å². The number of phenols is 1. The summed E-state index contributed by atoms with van der Waals surface area (Å²) in [5.74, 6) is 0.700. The second-order valence-corrected chi connectivity index (χ2v) is 6.69. The molecule has 2 N–H and O–H groups in total. The molecule has 2 aromatic carbocycles. The summed E-state index contributed by atoms with van der Waals surface area (Å²) >= 11 is 6.40. The van der Waals surface area contributed by atoms with Gasteiger partial charge in [0.05, 0.1) is 0 Å². The highest BCUT2D eigenvalue weighted by atomic mass is 35.5. The Labute approximate surface area is 123 Å². The van der Waals surface area contributed by atoms with Crippen LogP contribution in [0.1, 0.15) is 36.0 Å². The number of aromatic hydroxyl groups is 1. The zero-order valence-electron chi connectivity index (χ0n) is 11.5. The molecule has 3 heteroatoms. The number of hydrogen-bond donors (Lipinski definition) is 2. The minimum absolute atomic E-state index is 0.0914. The van der Waals surface area contributed by atoms with Gasteiger partial charge in [-0.15, -0.1) is 11.6 Å². The average molecular weight is 288 g/mol. The first-order valence-electron chi connectivity index (χ1n) is 7.35. The Balaban J connectivity index is 2.11. The van der Waals surface area contributed by atoms with Gasteiger partial charge >= 0.3 is 0 Å². The maximum absolute atomic E-state index is 10.3. The number of benzene rings is 2. The fourth-order valence-electron chi connectivity index (χ4n) is 3.86. The average Bonchev–Trinajstić information content (AvgIpc) is 3.03. The van der Waals surface area contributed by atoms with Crippen LogP contribution >= 0.6 is 11.6 Å². The van der Waals surface area contributed by atoms with Crippen LogP contribution in [0.4, 0.5) is 5.69 Å². The third-order valence-corrected chi connectivity index (χ3v) is 5.14. The predicted octanol–water partition coefficient (Wildman–Crippen LogP) is 4.17. The highest BCUT2D eigenvalue weighted by molar-refractivity contribution is 6.21. The first-order valence-corrected chi connectivity index (χ1v) is 7.78. The first kappa shape index (κ1) is 12.3. The third-order valence-electron chi connectivity index (χ3n) is 4.84. The Morgan fingerprint density at radius 3 is 3.00 bits per heavy atom. The lowest BCUT2D eigenvalue weighted by Crippen LogP contribution is -2.11. The summed E-state index contributed by atoms with van der Waals surface area (Å²) in [6, 6.07) is 6.11. The van der Waals surface area contributed by atoms with Crippen molar-refractivity contribution in [3.63, 3.8) is 0 Å². The van der Waals surface area contributed by atoms with Crippen molar-refractivity contribution in [3.8, 4) is 5.75 Å². The molecule has 4 rings (SSSR count). The summed E-state index contributed by atoms with van der Waals surface area (Å²) in [4.78, 5) is 0. The molecule has 1 aliphatic heterocycles. The minimum atomic E-state index is 0.0914. The zero-order valence-corrected chi connectivity index (χ0v) is 12.3. The molecule has 0 saturated carbocycles. The Morgan fingerprint density at radius 2 is 2.20 bits per heavy atom. The molecule has 2 nitrogen and oxygen atoms in total. The van der Waals surface area contributed by atoms with Crippen LogP contribution in [0.5, 0.6) is 5.75 Å². The predicted molar refractivity (Wildman–Crippen MR) is 84.2 cm³/mol. The molecule has 0 aromatic heterocycles. The number of fused-ring (bicyclic) bond motifs is 5. The summed E-state index contributed by atoms with van der Waals surface area (Å²) in [5, 5.41) is 16.1. The normalized spacial score (nSPS) is 21.6. The van der Waals surface area contributed by atoms with Crippen LogP contribution in [0.3, 0.4) is 0 Å². The highest BCUT2D eigenvalue weighted by Crippen LogP contribution is 2.46. The lowest BCUT2D eigenvalue weighted by Gasteiger charge is -2.18. The molecular weight excluding hydrogens is 270 g/mol. The monoisotopic (exact) mass is 287 g/mol. The highest BCUT2D eigenvalue weighted by Gasteiger charge is 2.31. The van der Waals surface area contributed by atoms with Crippen molar-refractivity contribution in [2.45, 2.75) is 37.5 Å². The third kappa shape index (κ3) is 1.58.